The first kappa shape index (κ1) is 9.82. The van der Waals surface area contributed by atoms with Crippen LogP contribution >= 0.6 is 11.8 Å². The molecule has 2 nitrogen and oxygen atoms in total. The molecule has 0 aliphatic heterocycles. The molecule has 10 heavy (non-hydrogen) atoms. The Labute approximate surface area is 67.3 Å². The predicted molar refractivity (Wildman–Crippen MR) is 49.8 cm³/mol. The van der Waals surface area contributed by atoms with Crippen LogP contribution in [0.4, 0.5) is 0 Å². The maximum absolute atomic E-state index is 5.60. The maximum atomic E-state index is 5.60. The Hall–Kier alpha value is -0.180. The molecular formula is C7H16N2S. The van der Waals surface area contributed by atoms with Crippen LogP contribution in [-0.4, -0.2) is 23.4 Å². The van der Waals surface area contributed by atoms with Crippen LogP contribution in [-0.2, 0) is 0 Å². The van der Waals surface area contributed by atoms with E-state index >= 15 is 0 Å². The van der Waals surface area contributed by atoms with E-state index in [2.05, 4.69) is 4.99 Å². The van der Waals surface area contributed by atoms with Gasteiger partial charge in [-0.25, -0.2) is 0 Å². The van der Waals surface area contributed by atoms with E-state index in [1.807, 2.05) is 27.0 Å². The first-order valence-corrected chi connectivity index (χ1v) is 4.68. The number of aliphatic imine (C=N–C) groups is 1. The lowest BCUT2D eigenvalue weighted by Crippen LogP contribution is -2.22. The van der Waals surface area contributed by atoms with Crippen molar-refractivity contribution in [1.82, 2.24) is 0 Å². The van der Waals surface area contributed by atoms with Gasteiger partial charge in [0.2, 0.25) is 0 Å². The molecule has 0 spiro atoms. The zero-order valence-electron chi connectivity index (χ0n) is 7.14. The van der Waals surface area contributed by atoms with Gasteiger partial charge in [-0.05, 0) is 27.0 Å². The normalized spacial score (nSPS) is 13.8. The summed E-state index contributed by atoms with van der Waals surface area (Å²) in [6.45, 7) is 6.13. The van der Waals surface area contributed by atoms with Crippen LogP contribution in [0.25, 0.3) is 0 Å². The highest BCUT2D eigenvalue weighted by molar-refractivity contribution is 7.99. The number of hydrogen-bond donors (Lipinski definition) is 1. The fourth-order valence-electron chi connectivity index (χ4n) is 0.611. The van der Waals surface area contributed by atoms with Gasteiger partial charge in [-0.2, -0.15) is 11.8 Å². The van der Waals surface area contributed by atoms with E-state index in [0.717, 1.165) is 11.6 Å². The minimum atomic E-state index is -0.0280. The lowest BCUT2D eigenvalue weighted by atomic mass is 10.1. The number of hydrogen-bond acceptors (Lipinski definition) is 2. The Bertz CT molecular complexity index is 124. The first-order valence-electron chi connectivity index (χ1n) is 3.29. The molecule has 0 aliphatic carbocycles. The summed E-state index contributed by atoms with van der Waals surface area (Å²) in [6, 6.07) is 0. The van der Waals surface area contributed by atoms with Crippen molar-refractivity contribution < 1.29 is 0 Å². The van der Waals surface area contributed by atoms with Gasteiger partial charge in [-0.15, -0.1) is 0 Å². The van der Waals surface area contributed by atoms with Crippen molar-refractivity contribution in [2.75, 3.05) is 12.0 Å². The monoisotopic (exact) mass is 160 g/mol. The standard InChI is InChI=1S/C7H16N2S/c1-7(2,3)9-6(8)5-10-4/h5H2,1-4H3,(H2,8,9). The molecule has 0 aromatic heterocycles. The minimum Gasteiger partial charge on any atom is -0.387 e. The molecule has 0 rings (SSSR count). The summed E-state index contributed by atoms with van der Waals surface area (Å²) in [4.78, 5) is 4.27. The second kappa shape index (κ2) is 3.86. The average molecular weight is 160 g/mol. The Morgan fingerprint density at radius 2 is 2.00 bits per heavy atom. The van der Waals surface area contributed by atoms with E-state index in [4.69, 9.17) is 5.73 Å². The van der Waals surface area contributed by atoms with Gasteiger partial charge in [-0.1, -0.05) is 0 Å². The summed E-state index contributed by atoms with van der Waals surface area (Å²) in [5.74, 6) is 1.57. The molecule has 0 saturated heterocycles. The summed E-state index contributed by atoms with van der Waals surface area (Å²) >= 11 is 1.69. The number of nitrogens with zero attached hydrogens (tertiary/aromatic N) is 1. The van der Waals surface area contributed by atoms with E-state index in [-0.39, 0.29) is 5.54 Å². The molecule has 0 unspecified atom stereocenters. The lowest BCUT2D eigenvalue weighted by Gasteiger charge is -2.12. The molecule has 0 saturated carbocycles. The van der Waals surface area contributed by atoms with Crippen LogP contribution in [0.3, 0.4) is 0 Å². The van der Waals surface area contributed by atoms with Crippen molar-refractivity contribution in [3.63, 3.8) is 0 Å². The molecule has 0 amide bonds. The molecule has 0 aromatic carbocycles. The highest BCUT2D eigenvalue weighted by atomic mass is 32.2. The molecule has 0 radical (unpaired) electrons. The van der Waals surface area contributed by atoms with Gasteiger partial charge in [0.1, 0.15) is 5.84 Å². The molecule has 0 bridgehead atoms. The second-order valence-corrected chi connectivity index (χ2v) is 4.07. The van der Waals surface area contributed by atoms with Crippen molar-refractivity contribution >= 4 is 17.6 Å². The highest BCUT2D eigenvalue weighted by Crippen LogP contribution is 2.06. The third-order valence-corrected chi connectivity index (χ3v) is 1.36. The number of nitrogens with two attached hydrogens (primary N) is 1. The fraction of sp³-hybridized carbons (Fsp3) is 0.857. The Morgan fingerprint density at radius 1 is 1.50 bits per heavy atom. The van der Waals surface area contributed by atoms with Gasteiger partial charge in [0, 0.05) is 0 Å². The summed E-state index contributed by atoms with van der Waals surface area (Å²) in [7, 11) is 0. The molecule has 60 valence electrons. The largest absolute Gasteiger partial charge is 0.387 e. The molecule has 0 heterocycles. The van der Waals surface area contributed by atoms with Crippen LogP contribution in [0.5, 0.6) is 0 Å². The Kier molecular flexibility index (Phi) is 3.79. The molecule has 0 fully saturated rings. The van der Waals surface area contributed by atoms with Crippen LogP contribution < -0.4 is 5.73 Å². The molecule has 3 heteroatoms. The van der Waals surface area contributed by atoms with E-state index in [0.29, 0.717) is 0 Å². The molecule has 0 atom stereocenters. The zero-order chi connectivity index (χ0) is 8.20. The van der Waals surface area contributed by atoms with Gasteiger partial charge < -0.3 is 5.73 Å². The van der Waals surface area contributed by atoms with Gasteiger partial charge >= 0.3 is 0 Å². The lowest BCUT2D eigenvalue weighted by molar-refractivity contribution is 0.583. The first-order chi connectivity index (χ1) is 4.45. The second-order valence-electron chi connectivity index (χ2n) is 3.21. The van der Waals surface area contributed by atoms with Crippen molar-refractivity contribution in [3.8, 4) is 0 Å². The Balaban J connectivity index is 3.90. The van der Waals surface area contributed by atoms with E-state index in [1.54, 1.807) is 11.8 Å². The van der Waals surface area contributed by atoms with Gasteiger partial charge in [-0.3, -0.25) is 4.99 Å². The topological polar surface area (TPSA) is 38.4 Å². The van der Waals surface area contributed by atoms with Crippen molar-refractivity contribution in [3.05, 3.63) is 0 Å². The zero-order valence-corrected chi connectivity index (χ0v) is 7.96. The SMILES string of the molecule is CSCC(N)=NC(C)(C)C. The summed E-state index contributed by atoms with van der Waals surface area (Å²) in [5.41, 5.74) is 5.57. The minimum absolute atomic E-state index is 0.0280. The molecule has 2 N–H and O–H groups in total. The number of amidine groups is 1. The van der Waals surface area contributed by atoms with Crippen molar-refractivity contribution in [1.29, 1.82) is 0 Å². The van der Waals surface area contributed by atoms with Crippen LogP contribution in [0.2, 0.25) is 0 Å². The van der Waals surface area contributed by atoms with Crippen LogP contribution in [0.15, 0.2) is 4.99 Å². The summed E-state index contributed by atoms with van der Waals surface area (Å²) in [6.07, 6.45) is 2.02. The fourth-order valence-corrected chi connectivity index (χ4v) is 0.971. The van der Waals surface area contributed by atoms with Crippen molar-refractivity contribution in [2.24, 2.45) is 10.7 Å². The Morgan fingerprint density at radius 3 is 2.30 bits per heavy atom. The van der Waals surface area contributed by atoms with E-state index in [1.165, 1.54) is 0 Å². The predicted octanol–water partition coefficient (Wildman–Crippen LogP) is 1.51. The average Bonchev–Trinajstić information content (AvgIpc) is 1.59. The van der Waals surface area contributed by atoms with Gasteiger partial charge in [0.05, 0.1) is 11.3 Å². The summed E-state index contributed by atoms with van der Waals surface area (Å²) < 4.78 is 0. The van der Waals surface area contributed by atoms with Gasteiger partial charge in [0.25, 0.3) is 0 Å². The smallest absolute Gasteiger partial charge is 0.104 e. The van der Waals surface area contributed by atoms with Gasteiger partial charge in [0.15, 0.2) is 0 Å². The maximum Gasteiger partial charge on any atom is 0.104 e. The van der Waals surface area contributed by atoms with Crippen LogP contribution in [0.1, 0.15) is 20.8 Å². The third kappa shape index (κ3) is 5.95. The quantitative estimate of drug-likeness (QED) is 0.491. The highest BCUT2D eigenvalue weighted by Gasteiger charge is 2.06. The molecule has 0 aliphatic rings. The number of rotatable bonds is 2. The summed E-state index contributed by atoms with van der Waals surface area (Å²) in [5, 5.41) is 0. The molecular weight excluding hydrogens is 144 g/mol. The van der Waals surface area contributed by atoms with Crippen molar-refractivity contribution in [2.45, 2.75) is 26.3 Å². The third-order valence-electron chi connectivity index (χ3n) is 0.771. The molecule has 0 aromatic rings. The van der Waals surface area contributed by atoms with E-state index in [9.17, 15) is 0 Å². The van der Waals surface area contributed by atoms with Crippen LogP contribution in [0, 0.1) is 0 Å². The van der Waals surface area contributed by atoms with E-state index < -0.39 is 0 Å². The number of thioether (sulfide) groups is 1.